The molecule has 4 aromatic heterocycles. The fourth-order valence-corrected chi connectivity index (χ4v) is 4.95. The van der Waals surface area contributed by atoms with Crippen LogP contribution in [0.1, 0.15) is 12.8 Å². The highest BCUT2D eigenvalue weighted by Crippen LogP contribution is 2.33. The summed E-state index contributed by atoms with van der Waals surface area (Å²) >= 11 is 1.68. The van der Waals surface area contributed by atoms with Gasteiger partial charge in [-0.2, -0.15) is 0 Å². The molecule has 0 aliphatic carbocycles. The summed E-state index contributed by atoms with van der Waals surface area (Å²) in [6.07, 6.45) is 7.74. The van der Waals surface area contributed by atoms with Crippen LogP contribution in [-0.2, 0) is 4.74 Å². The lowest BCUT2D eigenvalue weighted by Gasteiger charge is -2.32. The molecule has 7 heteroatoms. The second-order valence-electron chi connectivity index (χ2n) is 7.63. The Labute approximate surface area is 185 Å². The van der Waals surface area contributed by atoms with E-state index in [-0.39, 0.29) is 12.7 Å². The number of aliphatic hydroxyl groups excluding tert-OH is 1. The second-order valence-corrected chi connectivity index (χ2v) is 8.66. The molecule has 0 saturated carbocycles. The van der Waals surface area contributed by atoms with Crippen molar-refractivity contribution in [3.05, 3.63) is 61.1 Å². The normalized spacial score (nSPS) is 14.9. The summed E-state index contributed by atoms with van der Waals surface area (Å²) in [5.74, 6) is 0.987. The minimum Gasteiger partial charge on any atom is -0.394 e. The zero-order valence-electron chi connectivity index (χ0n) is 17.1. The largest absolute Gasteiger partial charge is 0.394 e. The third-order valence-electron chi connectivity index (χ3n) is 5.58. The summed E-state index contributed by atoms with van der Waals surface area (Å²) in [6.45, 7) is 2.33. The molecule has 1 saturated heterocycles. The van der Waals surface area contributed by atoms with Crippen LogP contribution in [-0.4, -0.2) is 52.5 Å². The number of thiophene rings is 1. The van der Waals surface area contributed by atoms with Crippen LogP contribution in [0.3, 0.4) is 0 Å². The summed E-state index contributed by atoms with van der Waals surface area (Å²) in [5.41, 5.74) is 3.06. The number of hydrogen-bond donors (Lipinski definition) is 1. The Bertz CT molecular complexity index is 1140. The van der Waals surface area contributed by atoms with Gasteiger partial charge in [0.15, 0.2) is 0 Å². The van der Waals surface area contributed by atoms with Gasteiger partial charge in [-0.1, -0.05) is 6.07 Å². The van der Waals surface area contributed by atoms with Crippen LogP contribution in [0.25, 0.3) is 31.9 Å². The molecule has 158 valence electrons. The van der Waals surface area contributed by atoms with Crippen LogP contribution >= 0.6 is 11.3 Å². The third kappa shape index (κ3) is 4.44. The van der Waals surface area contributed by atoms with Crippen molar-refractivity contribution < 1.29 is 9.84 Å². The summed E-state index contributed by atoms with van der Waals surface area (Å²) in [7, 11) is 0. The monoisotopic (exact) mass is 432 g/mol. The molecule has 0 amide bonds. The van der Waals surface area contributed by atoms with Crippen LogP contribution in [0, 0.1) is 0 Å². The molecule has 1 N–H and O–H groups in total. The molecular weight excluding hydrogens is 408 g/mol. The van der Waals surface area contributed by atoms with Crippen LogP contribution in [0.2, 0.25) is 0 Å². The number of rotatable bonds is 6. The first kappa shape index (κ1) is 20.1. The second kappa shape index (κ2) is 9.09. The van der Waals surface area contributed by atoms with Crippen molar-refractivity contribution in [1.82, 2.24) is 15.0 Å². The number of pyridine rings is 3. The predicted octanol–water partition coefficient (Wildman–Crippen LogP) is 4.40. The number of ether oxygens (including phenoxy) is 1. The van der Waals surface area contributed by atoms with E-state index < -0.39 is 0 Å². The molecular formula is C24H24N4O2S. The number of fused-ring (bicyclic) bond motifs is 1. The van der Waals surface area contributed by atoms with E-state index in [0.29, 0.717) is 6.61 Å². The molecule has 5 rings (SSSR count). The standard InChI is InChI=1S/C24H24N4O2S/c29-12-13-30-20-7-10-28(11-8-20)23-6-4-18(16-26-23)21-5-3-17-14-22(31-24(17)27-21)19-2-1-9-25-15-19/h1-6,9,14-16,20,29H,7-8,10-13H2. The molecule has 1 aliphatic heterocycles. The maximum absolute atomic E-state index is 8.91. The zero-order valence-corrected chi connectivity index (χ0v) is 18.0. The van der Waals surface area contributed by atoms with Gasteiger partial charge in [0, 0.05) is 53.1 Å². The van der Waals surface area contributed by atoms with Gasteiger partial charge in [-0.05, 0) is 49.2 Å². The first-order valence-electron chi connectivity index (χ1n) is 10.5. The maximum atomic E-state index is 8.91. The smallest absolute Gasteiger partial charge is 0.128 e. The average molecular weight is 433 g/mol. The van der Waals surface area contributed by atoms with Gasteiger partial charge in [0.05, 0.1) is 25.0 Å². The van der Waals surface area contributed by atoms with Gasteiger partial charge >= 0.3 is 0 Å². The average Bonchev–Trinajstić information content (AvgIpc) is 3.27. The van der Waals surface area contributed by atoms with E-state index in [1.165, 1.54) is 4.88 Å². The van der Waals surface area contributed by atoms with E-state index in [1.54, 1.807) is 17.5 Å². The van der Waals surface area contributed by atoms with Gasteiger partial charge in [-0.25, -0.2) is 9.97 Å². The van der Waals surface area contributed by atoms with Crippen molar-refractivity contribution in [1.29, 1.82) is 0 Å². The molecule has 0 unspecified atom stereocenters. The summed E-state index contributed by atoms with van der Waals surface area (Å²) in [6, 6.07) is 14.6. The zero-order chi connectivity index (χ0) is 21.0. The van der Waals surface area contributed by atoms with Crippen LogP contribution in [0.15, 0.2) is 61.1 Å². The van der Waals surface area contributed by atoms with Gasteiger partial charge in [0.1, 0.15) is 10.6 Å². The molecule has 31 heavy (non-hydrogen) atoms. The summed E-state index contributed by atoms with van der Waals surface area (Å²) in [5, 5.41) is 10.0. The van der Waals surface area contributed by atoms with E-state index in [4.69, 9.17) is 19.8 Å². The minimum absolute atomic E-state index is 0.0826. The molecule has 0 radical (unpaired) electrons. The first-order chi connectivity index (χ1) is 15.3. The van der Waals surface area contributed by atoms with Crippen molar-refractivity contribution >= 4 is 27.4 Å². The molecule has 4 aromatic rings. The molecule has 0 bridgehead atoms. The van der Waals surface area contributed by atoms with Crippen LogP contribution in [0.5, 0.6) is 0 Å². The van der Waals surface area contributed by atoms with E-state index in [9.17, 15) is 0 Å². The lowest BCUT2D eigenvalue weighted by Crippen LogP contribution is -2.37. The van der Waals surface area contributed by atoms with E-state index in [2.05, 4.69) is 46.3 Å². The molecule has 0 spiro atoms. The van der Waals surface area contributed by atoms with Gasteiger partial charge in [-0.3, -0.25) is 4.98 Å². The molecule has 0 atom stereocenters. The SMILES string of the molecule is OCCOC1CCN(c2ccc(-c3ccc4cc(-c5cccnc5)sc4n3)cn2)CC1. The highest BCUT2D eigenvalue weighted by Gasteiger charge is 2.20. The van der Waals surface area contributed by atoms with E-state index >= 15 is 0 Å². The lowest BCUT2D eigenvalue weighted by atomic mass is 10.1. The number of aromatic nitrogens is 3. The van der Waals surface area contributed by atoms with Crippen molar-refractivity contribution in [3.63, 3.8) is 0 Å². The quantitative estimate of drug-likeness (QED) is 0.487. The van der Waals surface area contributed by atoms with Crippen molar-refractivity contribution in [3.8, 4) is 21.7 Å². The third-order valence-corrected chi connectivity index (χ3v) is 6.68. The van der Waals surface area contributed by atoms with Crippen LogP contribution < -0.4 is 4.90 Å². The Morgan fingerprint density at radius 3 is 2.71 bits per heavy atom. The van der Waals surface area contributed by atoms with Crippen molar-refractivity contribution in [2.24, 2.45) is 0 Å². The van der Waals surface area contributed by atoms with Gasteiger partial charge < -0.3 is 14.7 Å². The highest BCUT2D eigenvalue weighted by atomic mass is 32.1. The maximum Gasteiger partial charge on any atom is 0.128 e. The fourth-order valence-electron chi connectivity index (χ4n) is 3.92. The van der Waals surface area contributed by atoms with Crippen molar-refractivity contribution in [2.45, 2.75) is 18.9 Å². The molecule has 1 fully saturated rings. The Morgan fingerprint density at radius 1 is 1.06 bits per heavy atom. The van der Waals surface area contributed by atoms with Crippen LogP contribution in [0.4, 0.5) is 5.82 Å². The number of nitrogens with zero attached hydrogens (tertiary/aromatic N) is 4. The first-order valence-corrected chi connectivity index (χ1v) is 11.4. The Kier molecular flexibility index (Phi) is 5.88. The van der Waals surface area contributed by atoms with Gasteiger partial charge in [0.2, 0.25) is 0 Å². The topological polar surface area (TPSA) is 71.4 Å². The lowest BCUT2D eigenvalue weighted by molar-refractivity contribution is 0.0158. The van der Waals surface area contributed by atoms with Gasteiger partial charge in [-0.15, -0.1) is 11.3 Å². The Balaban J connectivity index is 1.30. The Morgan fingerprint density at radius 2 is 1.97 bits per heavy atom. The minimum atomic E-state index is 0.0826. The van der Waals surface area contributed by atoms with E-state index in [0.717, 1.165) is 58.8 Å². The summed E-state index contributed by atoms with van der Waals surface area (Å²) in [4.78, 5) is 18.3. The molecule has 5 heterocycles. The molecule has 1 aliphatic rings. The number of anilines is 1. The number of hydrogen-bond acceptors (Lipinski definition) is 7. The van der Waals surface area contributed by atoms with E-state index in [1.807, 2.05) is 18.5 Å². The van der Waals surface area contributed by atoms with Crippen molar-refractivity contribution in [2.75, 3.05) is 31.2 Å². The number of aliphatic hydroxyl groups is 1. The number of piperidine rings is 1. The fraction of sp³-hybridized carbons (Fsp3) is 0.292. The molecule has 6 nitrogen and oxygen atoms in total. The summed E-state index contributed by atoms with van der Waals surface area (Å²) < 4.78 is 5.65. The Hall–Kier alpha value is -2.87. The predicted molar refractivity (Wildman–Crippen MR) is 124 cm³/mol. The molecule has 0 aromatic carbocycles. The highest BCUT2D eigenvalue weighted by molar-refractivity contribution is 7.21. The van der Waals surface area contributed by atoms with Gasteiger partial charge in [0.25, 0.3) is 0 Å².